The average molecular weight is 1050 g/mol. The number of nitrogens with one attached hydrogen (secondary N) is 6. The van der Waals surface area contributed by atoms with Crippen LogP contribution < -0.4 is 31.9 Å². The van der Waals surface area contributed by atoms with Gasteiger partial charge in [-0.05, 0) is 68.3 Å². The first kappa shape index (κ1) is 54.5. The second-order valence-corrected chi connectivity index (χ2v) is 18.8. The Morgan fingerprint density at radius 3 is 1.87 bits per heavy atom. The van der Waals surface area contributed by atoms with Gasteiger partial charge >= 0.3 is 0 Å². The van der Waals surface area contributed by atoms with E-state index < -0.39 is 11.5 Å². The molecule has 9 rings (SSSR count). The highest BCUT2D eigenvalue weighted by molar-refractivity contribution is 7.18. The molecule has 4 amide bonds. The van der Waals surface area contributed by atoms with E-state index in [0.29, 0.717) is 71.5 Å². The van der Waals surface area contributed by atoms with E-state index in [1.54, 1.807) is 18.2 Å². The number of para-hydroxylation sites is 1. The number of hydrogen-bond donors (Lipinski definition) is 7. The smallest absolute Gasteiger partial charge is 0.257 e. The summed E-state index contributed by atoms with van der Waals surface area (Å²) in [7, 11) is 0. The van der Waals surface area contributed by atoms with Crippen molar-refractivity contribution in [2.45, 2.75) is 59.6 Å². The first-order chi connectivity index (χ1) is 36.4. The number of hydrogen-bond acceptors (Lipinski definition) is 14. The molecule has 6 heterocycles. The molecule has 16 nitrogen and oxygen atoms in total. The molecule has 5 aromatic heterocycles. The summed E-state index contributed by atoms with van der Waals surface area (Å²) in [5, 5.41) is 34.1. The Labute approximate surface area is 443 Å². The lowest BCUT2D eigenvalue weighted by Crippen LogP contribution is -2.46. The zero-order valence-electron chi connectivity index (χ0n) is 42.3. The third kappa shape index (κ3) is 14.1. The average Bonchev–Trinajstić information content (AvgIpc) is 4.23. The van der Waals surface area contributed by atoms with Crippen LogP contribution in [0.25, 0.3) is 20.2 Å². The van der Waals surface area contributed by atoms with E-state index in [9.17, 15) is 24.3 Å². The molecule has 75 heavy (non-hydrogen) atoms. The topological polar surface area (TPSA) is 222 Å². The summed E-state index contributed by atoms with van der Waals surface area (Å²) in [6.45, 7) is 14.8. The van der Waals surface area contributed by atoms with Crippen LogP contribution in [-0.4, -0.2) is 69.0 Å². The van der Waals surface area contributed by atoms with Crippen molar-refractivity contribution in [2.75, 3.05) is 41.0 Å². The number of carbonyl (C=O) groups is 4. The molecule has 7 N–H and O–H groups in total. The summed E-state index contributed by atoms with van der Waals surface area (Å²) in [6.07, 6.45) is 12.0. The maximum absolute atomic E-state index is 13.4. The number of allylic oxidation sites excluding steroid dienone is 4. The molecule has 386 valence electrons. The van der Waals surface area contributed by atoms with E-state index in [4.69, 9.17) is 9.15 Å². The summed E-state index contributed by atoms with van der Waals surface area (Å²) < 4.78 is 12.3. The summed E-state index contributed by atoms with van der Waals surface area (Å²) in [4.78, 5) is 65.3. The maximum Gasteiger partial charge on any atom is 0.257 e. The van der Waals surface area contributed by atoms with Gasteiger partial charge < -0.3 is 46.2 Å². The Morgan fingerprint density at radius 2 is 1.29 bits per heavy atom. The van der Waals surface area contributed by atoms with Crippen molar-refractivity contribution in [1.29, 1.82) is 0 Å². The molecule has 1 saturated heterocycles. The Bertz CT molecular complexity index is 3360. The van der Waals surface area contributed by atoms with E-state index in [1.807, 2.05) is 130 Å². The Hall–Kier alpha value is -8.29. The summed E-state index contributed by atoms with van der Waals surface area (Å²) in [6, 6.07) is 26.4. The quantitative estimate of drug-likeness (QED) is 0.0449. The van der Waals surface area contributed by atoms with Gasteiger partial charge in [0.25, 0.3) is 23.6 Å². The fourth-order valence-corrected chi connectivity index (χ4v) is 9.52. The highest BCUT2D eigenvalue weighted by atomic mass is 32.1. The molecule has 0 spiro atoms. The van der Waals surface area contributed by atoms with Crippen LogP contribution in [0.2, 0.25) is 0 Å². The van der Waals surface area contributed by atoms with Crippen molar-refractivity contribution in [3.63, 3.8) is 0 Å². The molecule has 1 aliphatic rings. The van der Waals surface area contributed by atoms with Gasteiger partial charge in [0.05, 0.1) is 51.5 Å². The van der Waals surface area contributed by atoms with Gasteiger partial charge in [0.15, 0.2) is 18.0 Å². The van der Waals surface area contributed by atoms with Gasteiger partial charge in [-0.2, -0.15) is 0 Å². The number of rotatable bonds is 16. The fourth-order valence-electron chi connectivity index (χ4n) is 7.64. The highest BCUT2D eigenvalue weighted by Gasteiger charge is 2.30. The van der Waals surface area contributed by atoms with Gasteiger partial charge in [-0.15, -0.1) is 22.7 Å². The fraction of sp³-hybridized carbons (Fsp3) is 0.211. The lowest BCUT2D eigenvalue weighted by molar-refractivity contribution is -0.0605. The molecule has 0 aliphatic carbocycles. The van der Waals surface area contributed by atoms with Crippen molar-refractivity contribution in [3.8, 4) is 0 Å². The number of benzene rings is 3. The summed E-state index contributed by atoms with van der Waals surface area (Å²) >= 11 is 3.00. The molecule has 0 saturated carbocycles. The highest BCUT2D eigenvalue weighted by Crippen LogP contribution is 2.32. The van der Waals surface area contributed by atoms with Crippen molar-refractivity contribution in [3.05, 3.63) is 190 Å². The van der Waals surface area contributed by atoms with Crippen LogP contribution in [0.3, 0.4) is 0 Å². The number of amides is 4. The molecule has 0 atom stereocenters. The summed E-state index contributed by atoms with van der Waals surface area (Å²) in [5.74, 6) is -0.519. The van der Waals surface area contributed by atoms with Gasteiger partial charge in [0, 0.05) is 87.3 Å². The number of aromatic nitrogens is 3. The first-order valence-electron chi connectivity index (χ1n) is 24.3. The minimum Gasteiger partial charge on any atom is -0.451 e. The third-order valence-corrected chi connectivity index (χ3v) is 13.9. The number of thiophene rings is 2. The molecule has 0 unspecified atom stereocenters. The van der Waals surface area contributed by atoms with Crippen molar-refractivity contribution in [2.24, 2.45) is 0 Å². The molecule has 1 aliphatic heterocycles. The number of aryl methyl sites for hydroxylation is 1. The number of anilines is 5. The zero-order chi connectivity index (χ0) is 53.3. The second kappa shape index (κ2) is 26.1. The molecule has 0 radical (unpaired) electrons. The number of nitrogens with zero attached hydrogens (tertiary/aromatic N) is 3. The normalized spacial score (nSPS) is 13.0. The zero-order valence-corrected chi connectivity index (χ0v) is 43.9. The van der Waals surface area contributed by atoms with E-state index in [-0.39, 0.29) is 36.4 Å². The number of fused-ring (bicyclic) bond motifs is 2. The van der Waals surface area contributed by atoms with Crippen LogP contribution in [-0.2, 0) is 11.3 Å². The van der Waals surface area contributed by atoms with Gasteiger partial charge in [-0.3, -0.25) is 19.2 Å². The lowest BCUT2D eigenvalue weighted by atomic mass is 9.94. The van der Waals surface area contributed by atoms with Crippen LogP contribution in [0.15, 0.2) is 161 Å². The van der Waals surface area contributed by atoms with Crippen LogP contribution >= 0.6 is 22.7 Å². The van der Waals surface area contributed by atoms with E-state index in [2.05, 4.69) is 53.4 Å². The van der Waals surface area contributed by atoms with Crippen LogP contribution in [0.1, 0.15) is 93.2 Å². The second-order valence-electron chi connectivity index (χ2n) is 17.0. The number of carbonyl (C=O) groups excluding carboxylic acids is 4. The van der Waals surface area contributed by atoms with Crippen LogP contribution in [0, 0.1) is 6.92 Å². The van der Waals surface area contributed by atoms with E-state index >= 15 is 0 Å². The van der Waals surface area contributed by atoms with E-state index in [1.165, 1.54) is 47.7 Å². The molecule has 18 heteroatoms. The maximum atomic E-state index is 13.4. The number of ether oxygens (including phenoxy) is 1. The minimum atomic E-state index is -1.01. The molecule has 1 fully saturated rings. The number of oxazole rings is 1. The molecule has 8 aromatic rings. The minimum absolute atomic E-state index is 0.102. The van der Waals surface area contributed by atoms with Gasteiger partial charge in [0.1, 0.15) is 6.26 Å². The third-order valence-electron chi connectivity index (χ3n) is 12.0. The van der Waals surface area contributed by atoms with Gasteiger partial charge in [-0.25, -0.2) is 15.0 Å². The first-order valence-corrected chi connectivity index (χ1v) is 26.0. The van der Waals surface area contributed by atoms with Crippen molar-refractivity contribution in [1.82, 2.24) is 25.6 Å². The molecular formula is C57H59N9O7S2. The Kier molecular flexibility index (Phi) is 18.9. The molecule has 0 bridgehead atoms. The SMILES string of the molecule is C=C/C=C(Nc1ncc(C(=O)NCC2(O)CCOCC2)cc1NC(=O)c1csc2ccccc12)\C(C)=C/C.CC.Cc1ccccc1Nc1ncc(C(=O)NCc2cocn2)cc1NC(=O)c1csc2ccccc12. The summed E-state index contributed by atoms with van der Waals surface area (Å²) in [5.41, 5.74) is 5.57. The van der Waals surface area contributed by atoms with Crippen molar-refractivity contribution >= 4 is 95.2 Å². The molecular weight excluding hydrogens is 987 g/mol. The Balaban J connectivity index is 0.000000212. The number of aliphatic hydroxyl groups is 1. The van der Waals surface area contributed by atoms with E-state index in [0.717, 1.165) is 42.7 Å². The largest absolute Gasteiger partial charge is 0.451 e. The predicted octanol–water partition coefficient (Wildman–Crippen LogP) is 11.8. The van der Waals surface area contributed by atoms with Crippen molar-refractivity contribution < 1.29 is 33.4 Å². The Morgan fingerprint density at radius 1 is 0.733 bits per heavy atom. The molecule has 3 aromatic carbocycles. The van der Waals surface area contributed by atoms with Crippen LogP contribution in [0.4, 0.5) is 28.7 Å². The lowest BCUT2D eigenvalue weighted by Gasteiger charge is -2.32. The van der Waals surface area contributed by atoms with Gasteiger partial charge in [-0.1, -0.05) is 87.2 Å². The van der Waals surface area contributed by atoms with Gasteiger partial charge in [0.2, 0.25) is 0 Å². The predicted molar refractivity (Wildman–Crippen MR) is 300 cm³/mol. The standard InChI is InChI=1S/C29H32N4O4S.C26H21N5O3S.C2H6/c1-4-8-23(19(3)5-2)32-26-24(33-28(35)22-17-38-25-10-7-6-9-21(22)25)15-20(16-30-26)27(34)31-18-29(36)11-13-37-14-12-29;1-16-6-2-4-8-21(16)30-24-22(31-26(33)20-14-35-23-9-5-3-7-19(20)23)10-17(11-27-24)25(32)28-12-18-13-34-15-29-18;1-2/h4-10,15-17,36H,1,11-14,18H2,2-3H3,(H,30,32)(H,31,34)(H,33,35);2-11,13-15H,12H2,1H3,(H,27,30)(H,28,32)(H,31,33);1-2H3/b19-5-,23-8+;;. The monoisotopic (exact) mass is 1050 g/mol. The van der Waals surface area contributed by atoms with Crippen LogP contribution in [0.5, 0.6) is 0 Å². The number of pyridine rings is 2.